The lowest BCUT2D eigenvalue weighted by atomic mass is 10.1. The molecule has 0 saturated heterocycles. The van der Waals surface area contributed by atoms with E-state index in [4.69, 9.17) is 5.21 Å². The fourth-order valence-electron chi connectivity index (χ4n) is 1.64. The summed E-state index contributed by atoms with van der Waals surface area (Å²) < 4.78 is 0. The SMILES string of the molecule is C[C@@H](NC(=O)NC(C)(C)C)c1ccc(C(=O)NO)cc1. The van der Waals surface area contributed by atoms with Crippen LogP contribution in [0.25, 0.3) is 0 Å². The van der Waals surface area contributed by atoms with E-state index in [2.05, 4.69) is 10.6 Å². The van der Waals surface area contributed by atoms with Gasteiger partial charge in [-0.2, -0.15) is 0 Å². The first-order chi connectivity index (χ1) is 9.23. The van der Waals surface area contributed by atoms with Crippen LogP contribution >= 0.6 is 0 Å². The van der Waals surface area contributed by atoms with Gasteiger partial charge in [0.15, 0.2) is 0 Å². The minimum Gasteiger partial charge on any atom is -0.334 e. The Labute approximate surface area is 118 Å². The van der Waals surface area contributed by atoms with Gasteiger partial charge in [0.1, 0.15) is 0 Å². The van der Waals surface area contributed by atoms with Gasteiger partial charge >= 0.3 is 6.03 Å². The van der Waals surface area contributed by atoms with Crippen molar-refractivity contribution in [3.8, 4) is 0 Å². The molecule has 0 fully saturated rings. The number of hydroxylamine groups is 1. The number of benzene rings is 1. The van der Waals surface area contributed by atoms with Crippen LogP contribution in [0.5, 0.6) is 0 Å². The van der Waals surface area contributed by atoms with Crippen LogP contribution < -0.4 is 16.1 Å². The van der Waals surface area contributed by atoms with E-state index in [1.54, 1.807) is 29.7 Å². The quantitative estimate of drug-likeness (QED) is 0.503. The van der Waals surface area contributed by atoms with E-state index in [1.807, 2.05) is 27.7 Å². The molecule has 6 nitrogen and oxygen atoms in total. The highest BCUT2D eigenvalue weighted by Gasteiger charge is 2.16. The number of carbonyl (C=O) groups is 2. The summed E-state index contributed by atoms with van der Waals surface area (Å²) in [6, 6.07) is 6.19. The highest BCUT2D eigenvalue weighted by atomic mass is 16.5. The Kier molecular flexibility index (Phi) is 5.10. The Morgan fingerprint density at radius 1 is 1.15 bits per heavy atom. The zero-order valence-electron chi connectivity index (χ0n) is 12.2. The Balaban J connectivity index is 2.66. The van der Waals surface area contributed by atoms with E-state index in [1.165, 1.54) is 0 Å². The smallest absolute Gasteiger partial charge is 0.315 e. The van der Waals surface area contributed by atoms with Gasteiger partial charge < -0.3 is 10.6 Å². The molecule has 110 valence electrons. The second-order valence-corrected chi connectivity index (χ2v) is 5.63. The van der Waals surface area contributed by atoms with Gasteiger partial charge in [-0.25, -0.2) is 10.3 Å². The fourth-order valence-corrected chi connectivity index (χ4v) is 1.64. The maximum Gasteiger partial charge on any atom is 0.315 e. The molecule has 0 aliphatic heterocycles. The first-order valence-electron chi connectivity index (χ1n) is 6.36. The predicted octanol–water partition coefficient (Wildman–Crippen LogP) is 1.96. The topological polar surface area (TPSA) is 90.5 Å². The van der Waals surface area contributed by atoms with Crippen LogP contribution in [0.4, 0.5) is 4.79 Å². The van der Waals surface area contributed by atoms with Crippen LogP contribution in [0.2, 0.25) is 0 Å². The summed E-state index contributed by atoms with van der Waals surface area (Å²) in [5.41, 5.74) is 2.48. The summed E-state index contributed by atoms with van der Waals surface area (Å²) in [5.74, 6) is -0.567. The lowest BCUT2D eigenvalue weighted by Gasteiger charge is -2.23. The molecule has 1 atom stereocenters. The van der Waals surface area contributed by atoms with Crippen molar-refractivity contribution in [1.82, 2.24) is 16.1 Å². The lowest BCUT2D eigenvalue weighted by Crippen LogP contribution is -2.47. The molecule has 20 heavy (non-hydrogen) atoms. The van der Waals surface area contributed by atoms with E-state index in [-0.39, 0.29) is 17.6 Å². The Bertz CT molecular complexity index is 477. The first kappa shape index (κ1) is 16.0. The van der Waals surface area contributed by atoms with Crippen LogP contribution in [-0.4, -0.2) is 22.7 Å². The largest absolute Gasteiger partial charge is 0.334 e. The molecule has 1 aromatic carbocycles. The third kappa shape index (κ3) is 4.89. The minimum absolute atomic E-state index is 0.191. The van der Waals surface area contributed by atoms with Crippen molar-refractivity contribution in [3.05, 3.63) is 35.4 Å². The van der Waals surface area contributed by atoms with E-state index in [0.717, 1.165) is 5.56 Å². The number of amides is 3. The summed E-state index contributed by atoms with van der Waals surface area (Å²) >= 11 is 0. The molecular formula is C14H21N3O3. The van der Waals surface area contributed by atoms with E-state index >= 15 is 0 Å². The zero-order valence-corrected chi connectivity index (χ0v) is 12.2. The maximum atomic E-state index is 11.7. The fraction of sp³-hybridized carbons (Fsp3) is 0.429. The monoisotopic (exact) mass is 279 g/mol. The molecule has 0 aromatic heterocycles. The first-order valence-corrected chi connectivity index (χ1v) is 6.36. The van der Waals surface area contributed by atoms with E-state index in [9.17, 15) is 9.59 Å². The summed E-state index contributed by atoms with van der Waals surface area (Å²) in [7, 11) is 0. The zero-order chi connectivity index (χ0) is 15.3. The van der Waals surface area contributed by atoms with E-state index in [0.29, 0.717) is 5.56 Å². The van der Waals surface area contributed by atoms with Gasteiger partial charge in [0.05, 0.1) is 6.04 Å². The van der Waals surface area contributed by atoms with Gasteiger partial charge in [0, 0.05) is 11.1 Å². The molecule has 0 aliphatic carbocycles. The highest BCUT2D eigenvalue weighted by molar-refractivity contribution is 5.93. The van der Waals surface area contributed by atoms with E-state index < -0.39 is 5.91 Å². The van der Waals surface area contributed by atoms with Crippen molar-refractivity contribution in [1.29, 1.82) is 0 Å². The number of nitrogens with one attached hydrogen (secondary N) is 3. The van der Waals surface area contributed by atoms with Gasteiger partial charge in [-0.15, -0.1) is 0 Å². The number of hydrogen-bond acceptors (Lipinski definition) is 3. The Morgan fingerprint density at radius 3 is 2.15 bits per heavy atom. The van der Waals surface area contributed by atoms with Crippen LogP contribution in [0.3, 0.4) is 0 Å². The molecule has 0 aliphatic rings. The van der Waals surface area contributed by atoms with Gasteiger partial charge in [-0.3, -0.25) is 10.0 Å². The molecule has 0 heterocycles. The van der Waals surface area contributed by atoms with Crippen molar-refractivity contribution in [2.24, 2.45) is 0 Å². The van der Waals surface area contributed by atoms with Crippen molar-refractivity contribution in [2.45, 2.75) is 39.3 Å². The number of urea groups is 1. The third-order valence-corrected chi connectivity index (χ3v) is 2.61. The molecule has 0 saturated carbocycles. The second kappa shape index (κ2) is 6.38. The summed E-state index contributed by atoms with van der Waals surface area (Å²) in [5, 5.41) is 14.2. The van der Waals surface area contributed by atoms with Gasteiger partial charge in [-0.1, -0.05) is 12.1 Å². The molecule has 6 heteroatoms. The number of carbonyl (C=O) groups excluding carboxylic acids is 2. The number of rotatable bonds is 3. The third-order valence-electron chi connectivity index (χ3n) is 2.61. The number of hydrogen-bond donors (Lipinski definition) is 4. The van der Waals surface area contributed by atoms with Gasteiger partial charge in [0.2, 0.25) is 0 Å². The van der Waals surface area contributed by atoms with Crippen LogP contribution in [0.15, 0.2) is 24.3 Å². The molecule has 0 spiro atoms. The normalized spacial score (nSPS) is 12.4. The summed E-state index contributed by atoms with van der Waals surface area (Å²) in [6.07, 6.45) is 0. The summed E-state index contributed by atoms with van der Waals surface area (Å²) in [4.78, 5) is 22.9. The predicted molar refractivity (Wildman–Crippen MR) is 75.5 cm³/mol. The van der Waals surface area contributed by atoms with Crippen LogP contribution in [0, 0.1) is 0 Å². The molecule has 4 N–H and O–H groups in total. The molecule has 1 aromatic rings. The van der Waals surface area contributed by atoms with Crippen molar-refractivity contribution in [2.75, 3.05) is 0 Å². The Hall–Kier alpha value is -2.08. The minimum atomic E-state index is -0.567. The van der Waals surface area contributed by atoms with Gasteiger partial charge in [0.25, 0.3) is 5.91 Å². The lowest BCUT2D eigenvalue weighted by molar-refractivity contribution is 0.0706. The molecule has 3 amide bonds. The van der Waals surface area contributed by atoms with Crippen LogP contribution in [-0.2, 0) is 0 Å². The molecule has 0 radical (unpaired) electrons. The van der Waals surface area contributed by atoms with Gasteiger partial charge in [-0.05, 0) is 45.4 Å². The molecule has 1 rings (SSSR count). The Morgan fingerprint density at radius 2 is 1.70 bits per heavy atom. The van der Waals surface area contributed by atoms with Crippen molar-refractivity contribution >= 4 is 11.9 Å². The van der Waals surface area contributed by atoms with Crippen molar-refractivity contribution < 1.29 is 14.8 Å². The van der Waals surface area contributed by atoms with Crippen molar-refractivity contribution in [3.63, 3.8) is 0 Å². The average Bonchev–Trinajstić information content (AvgIpc) is 2.35. The summed E-state index contributed by atoms with van der Waals surface area (Å²) in [6.45, 7) is 7.56. The molecule has 0 bridgehead atoms. The highest BCUT2D eigenvalue weighted by Crippen LogP contribution is 2.13. The molecule has 0 unspecified atom stereocenters. The average molecular weight is 279 g/mol. The van der Waals surface area contributed by atoms with Crippen LogP contribution in [0.1, 0.15) is 49.7 Å². The maximum absolute atomic E-state index is 11.7. The molecular weight excluding hydrogens is 258 g/mol. The second-order valence-electron chi connectivity index (χ2n) is 5.63. The standard InChI is InChI=1S/C14H21N3O3/c1-9(15-13(19)16-14(2,3)4)10-5-7-11(8-6-10)12(18)17-20/h5-9,20H,1-4H3,(H,17,18)(H2,15,16,19)/t9-/m1/s1.